The average molecular weight is 341 g/mol. The third kappa shape index (κ3) is 2.64. The van der Waals surface area contributed by atoms with Gasteiger partial charge in [-0.3, -0.25) is 9.48 Å². The van der Waals surface area contributed by atoms with Crippen LogP contribution in [0, 0.1) is 0 Å². The Morgan fingerprint density at radius 3 is 2.65 bits per heavy atom. The van der Waals surface area contributed by atoms with Crippen molar-refractivity contribution in [1.82, 2.24) is 19.6 Å². The molecule has 1 N–H and O–H groups in total. The highest BCUT2D eigenvalue weighted by atomic mass is 79.9. The summed E-state index contributed by atoms with van der Waals surface area (Å²) < 4.78 is 3.59. The molecule has 0 spiro atoms. The number of aromatic nitrogens is 4. The molecule has 20 heavy (non-hydrogen) atoms. The van der Waals surface area contributed by atoms with Crippen LogP contribution in [0.4, 0.5) is 0 Å². The van der Waals surface area contributed by atoms with Crippen LogP contribution in [0.25, 0.3) is 0 Å². The molecular formula is C12H13BrN4O3. The van der Waals surface area contributed by atoms with E-state index in [4.69, 9.17) is 5.11 Å². The van der Waals surface area contributed by atoms with E-state index in [0.717, 1.165) is 27.0 Å². The van der Waals surface area contributed by atoms with E-state index in [1.54, 1.807) is 11.7 Å². The molecule has 2 aromatic rings. The first-order valence-electron chi connectivity index (χ1n) is 5.95. The van der Waals surface area contributed by atoms with Crippen molar-refractivity contribution < 1.29 is 9.90 Å². The van der Waals surface area contributed by atoms with Crippen LogP contribution in [-0.4, -0.2) is 30.6 Å². The Kier molecular flexibility index (Phi) is 4.03. The quantitative estimate of drug-likeness (QED) is 0.898. The molecule has 0 aliphatic rings. The fourth-order valence-electron chi connectivity index (χ4n) is 1.81. The lowest BCUT2D eigenvalue weighted by Gasteiger charge is -2.06. The van der Waals surface area contributed by atoms with Crippen LogP contribution in [-0.2, 0) is 20.0 Å². The van der Waals surface area contributed by atoms with Crippen molar-refractivity contribution in [3.8, 4) is 0 Å². The molecule has 8 heteroatoms. The summed E-state index contributed by atoms with van der Waals surface area (Å²) in [7, 11) is 1.77. The molecule has 2 aromatic heterocycles. The first-order valence-corrected chi connectivity index (χ1v) is 6.75. The molecule has 0 saturated heterocycles. The molecular weight excluding hydrogens is 328 g/mol. The number of hydrogen-bond donors (Lipinski definition) is 1. The monoisotopic (exact) mass is 340 g/mol. The highest BCUT2D eigenvalue weighted by Crippen LogP contribution is 2.21. The van der Waals surface area contributed by atoms with Gasteiger partial charge in [-0.05, 0) is 28.4 Å². The van der Waals surface area contributed by atoms with Gasteiger partial charge >= 0.3 is 5.97 Å². The summed E-state index contributed by atoms with van der Waals surface area (Å²) in [5, 5.41) is 17.1. The van der Waals surface area contributed by atoms with Gasteiger partial charge in [-0.2, -0.15) is 10.2 Å². The topological polar surface area (TPSA) is 90.0 Å². The van der Waals surface area contributed by atoms with Gasteiger partial charge in [0.1, 0.15) is 0 Å². The minimum Gasteiger partial charge on any atom is -0.476 e. The standard InChI is InChI=1S/C12H13BrN4O3/c1-3-7-11(13)9(16(2)14-7)6-17-10(18)5-4-8(15-17)12(19)20/h4-5H,3,6H2,1-2H3,(H,19,20). The molecule has 0 aliphatic heterocycles. The lowest BCUT2D eigenvalue weighted by Crippen LogP contribution is -2.25. The largest absolute Gasteiger partial charge is 0.476 e. The summed E-state index contributed by atoms with van der Waals surface area (Å²) in [6.07, 6.45) is 0.756. The number of carboxylic acids is 1. The maximum atomic E-state index is 11.8. The van der Waals surface area contributed by atoms with Crippen molar-refractivity contribution in [1.29, 1.82) is 0 Å². The third-order valence-corrected chi connectivity index (χ3v) is 3.80. The molecule has 0 unspecified atom stereocenters. The fourth-order valence-corrected chi connectivity index (χ4v) is 2.55. The molecule has 0 atom stereocenters. The summed E-state index contributed by atoms with van der Waals surface area (Å²) in [5.41, 5.74) is 1.11. The SMILES string of the molecule is CCc1nn(C)c(Cn2nc(C(=O)O)ccc2=O)c1Br. The molecule has 0 aromatic carbocycles. The van der Waals surface area contributed by atoms with Crippen LogP contribution in [0.3, 0.4) is 0 Å². The predicted molar refractivity (Wildman–Crippen MR) is 74.8 cm³/mol. The zero-order valence-corrected chi connectivity index (χ0v) is 12.6. The van der Waals surface area contributed by atoms with E-state index >= 15 is 0 Å². The number of carbonyl (C=O) groups is 1. The molecule has 2 heterocycles. The highest BCUT2D eigenvalue weighted by Gasteiger charge is 2.15. The van der Waals surface area contributed by atoms with E-state index in [9.17, 15) is 9.59 Å². The Bertz CT molecular complexity index is 720. The minimum atomic E-state index is -1.17. The second-order valence-electron chi connectivity index (χ2n) is 4.20. The second kappa shape index (κ2) is 5.58. The van der Waals surface area contributed by atoms with E-state index in [0.29, 0.717) is 0 Å². The van der Waals surface area contributed by atoms with Gasteiger partial charge in [-0.15, -0.1) is 0 Å². The maximum Gasteiger partial charge on any atom is 0.356 e. The Labute approximate surface area is 123 Å². The Morgan fingerprint density at radius 2 is 2.10 bits per heavy atom. The van der Waals surface area contributed by atoms with E-state index in [1.807, 2.05) is 6.92 Å². The molecule has 0 aliphatic carbocycles. The third-order valence-electron chi connectivity index (χ3n) is 2.89. The highest BCUT2D eigenvalue weighted by molar-refractivity contribution is 9.10. The lowest BCUT2D eigenvalue weighted by atomic mass is 10.3. The number of aryl methyl sites for hydroxylation is 2. The number of nitrogens with zero attached hydrogens (tertiary/aromatic N) is 4. The van der Waals surface area contributed by atoms with Crippen LogP contribution < -0.4 is 5.56 Å². The van der Waals surface area contributed by atoms with E-state index in [-0.39, 0.29) is 17.8 Å². The Balaban J connectivity index is 2.44. The van der Waals surface area contributed by atoms with Crippen molar-refractivity contribution in [2.45, 2.75) is 19.9 Å². The van der Waals surface area contributed by atoms with E-state index in [1.165, 1.54) is 12.1 Å². The zero-order chi connectivity index (χ0) is 14.9. The molecule has 0 fully saturated rings. The number of rotatable bonds is 4. The first-order chi connectivity index (χ1) is 9.43. The molecule has 0 bridgehead atoms. The average Bonchev–Trinajstić information content (AvgIpc) is 2.68. The van der Waals surface area contributed by atoms with Gasteiger partial charge in [0.25, 0.3) is 5.56 Å². The number of halogens is 1. The van der Waals surface area contributed by atoms with Crippen molar-refractivity contribution in [3.05, 3.63) is 44.0 Å². The van der Waals surface area contributed by atoms with Gasteiger partial charge in [0.2, 0.25) is 0 Å². The molecule has 0 saturated carbocycles. The summed E-state index contributed by atoms with van der Waals surface area (Å²) in [6, 6.07) is 2.39. The van der Waals surface area contributed by atoms with Crippen LogP contribution >= 0.6 is 15.9 Å². The maximum absolute atomic E-state index is 11.8. The second-order valence-corrected chi connectivity index (χ2v) is 5.00. The van der Waals surface area contributed by atoms with Crippen molar-refractivity contribution >= 4 is 21.9 Å². The van der Waals surface area contributed by atoms with Crippen LogP contribution in [0.1, 0.15) is 28.8 Å². The number of carboxylic acid groups (broad SMARTS) is 1. The van der Waals surface area contributed by atoms with Gasteiger partial charge in [-0.1, -0.05) is 6.92 Å². The molecule has 2 rings (SSSR count). The molecule has 7 nitrogen and oxygen atoms in total. The summed E-state index contributed by atoms with van der Waals surface area (Å²) in [5.74, 6) is -1.17. The van der Waals surface area contributed by atoms with Crippen LogP contribution in [0.15, 0.2) is 21.4 Å². The van der Waals surface area contributed by atoms with Gasteiger partial charge in [-0.25, -0.2) is 9.48 Å². The van der Waals surface area contributed by atoms with Gasteiger partial charge in [0.05, 0.1) is 22.4 Å². The Morgan fingerprint density at radius 1 is 1.40 bits per heavy atom. The molecule has 106 valence electrons. The summed E-state index contributed by atoms with van der Waals surface area (Å²) in [4.78, 5) is 22.7. The first kappa shape index (κ1) is 14.4. The predicted octanol–water partition coefficient (Wildman–Crippen LogP) is 1.05. The van der Waals surface area contributed by atoms with Crippen molar-refractivity contribution in [2.24, 2.45) is 7.05 Å². The van der Waals surface area contributed by atoms with Crippen LogP contribution in [0.5, 0.6) is 0 Å². The molecule has 0 amide bonds. The lowest BCUT2D eigenvalue weighted by molar-refractivity contribution is 0.0687. The fraction of sp³-hybridized carbons (Fsp3) is 0.333. The van der Waals surface area contributed by atoms with Crippen molar-refractivity contribution in [2.75, 3.05) is 0 Å². The van der Waals surface area contributed by atoms with Crippen molar-refractivity contribution in [3.63, 3.8) is 0 Å². The number of aromatic carboxylic acids is 1. The van der Waals surface area contributed by atoms with E-state index < -0.39 is 5.97 Å². The van der Waals surface area contributed by atoms with E-state index in [2.05, 4.69) is 26.1 Å². The normalized spacial score (nSPS) is 10.8. The smallest absolute Gasteiger partial charge is 0.356 e. The van der Waals surface area contributed by atoms with Gasteiger partial charge < -0.3 is 5.11 Å². The van der Waals surface area contributed by atoms with Gasteiger partial charge in [0, 0.05) is 13.1 Å². The van der Waals surface area contributed by atoms with Gasteiger partial charge in [0.15, 0.2) is 5.69 Å². The summed E-state index contributed by atoms with van der Waals surface area (Å²) >= 11 is 3.45. The Hall–Kier alpha value is -1.96. The summed E-state index contributed by atoms with van der Waals surface area (Å²) in [6.45, 7) is 2.14. The van der Waals surface area contributed by atoms with Crippen LogP contribution in [0.2, 0.25) is 0 Å². The number of hydrogen-bond acceptors (Lipinski definition) is 4. The minimum absolute atomic E-state index is 0.157. The zero-order valence-electron chi connectivity index (χ0n) is 11.0. The molecule has 0 radical (unpaired) electrons.